The first kappa shape index (κ1) is 65.6. The molecule has 1 aromatic rings. The van der Waals surface area contributed by atoms with E-state index < -0.39 is 114 Å². The van der Waals surface area contributed by atoms with Crippen LogP contribution in [0.1, 0.15) is 118 Å². The number of nitrogens with two attached hydrogens (primary N) is 3. The van der Waals surface area contributed by atoms with Gasteiger partial charge in [0.1, 0.15) is 48.0 Å². The summed E-state index contributed by atoms with van der Waals surface area (Å²) >= 11 is 0. The maximum Gasteiger partial charge on any atom is 0.245 e. The molecule has 0 unspecified atom stereocenters. The summed E-state index contributed by atoms with van der Waals surface area (Å²) in [5.41, 5.74) is 16.9. The molecule has 26 heteroatoms. The van der Waals surface area contributed by atoms with Gasteiger partial charge in [0.05, 0.1) is 13.1 Å². The molecule has 0 spiro atoms. The zero-order valence-corrected chi connectivity index (χ0v) is 45.8. The van der Waals surface area contributed by atoms with Crippen molar-refractivity contribution in [2.75, 3.05) is 39.8 Å². The van der Waals surface area contributed by atoms with E-state index in [1.165, 1.54) is 43.1 Å². The highest BCUT2D eigenvalue weighted by molar-refractivity contribution is 5.98. The van der Waals surface area contributed by atoms with Crippen LogP contribution in [0.2, 0.25) is 0 Å². The second kappa shape index (κ2) is 33.5. The van der Waals surface area contributed by atoms with Gasteiger partial charge in [0.25, 0.3) is 0 Å². The lowest BCUT2D eigenvalue weighted by Gasteiger charge is -2.31. The molecule has 0 aromatic heterocycles. The number of phenols is 1. The van der Waals surface area contributed by atoms with Crippen LogP contribution in [0.15, 0.2) is 29.3 Å². The number of carbonyl (C=O) groups excluding carboxylic acids is 11. The van der Waals surface area contributed by atoms with Crippen molar-refractivity contribution < 1.29 is 57.8 Å². The summed E-state index contributed by atoms with van der Waals surface area (Å²) in [4.78, 5) is 154. The van der Waals surface area contributed by atoms with Crippen molar-refractivity contribution in [3.05, 3.63) is 29.8 Å². The summed E-state index contributed by atoms with van der Waals surface area (Å²) in [7, 11) is 1.39. The number of amides is 11. The van der Waals surface area contributed by atoms with E-state index in [1.807, 2.05) is 6.92 Å². The molecule has 0 saturated carbocycles. The molecule has 1 aliphatic rings. The number of nitrogens with zero attached hydrogens (tertiary/aromatic N) is 3. The number of likely N-dealkylation sites (tertiary alicyclic amines) is 1. The molecule has 1 heterocycles. The minimum Gasteiger partial charge on any atom is -0.508 e. The minimum atomic E-state index is -1.42. The number of phenolic OH excluding ortho intramolecular Hbond substituents is 1. The zero-order valence-electron chi connectivity index (χ0n) is 45.8. The van der Waals surface area contributed by atoms with Gasteiger partial charge in [-0.2, -0.15) is 0 Å². The number of benzene rings is 1. The molecule has 2 rings (SSSR count). The Hall–Kier alpha value is -7.54. The van der Waals surface area contributed by atoms with Gasteiger partial charge in [0, 0.05) is 46.4 Å². The van der Waals surface area contributed by atoms with Crippen molar-refractivity contribution in [1.82, 2.24) is 52.3 Å². The highest BCUT2D eigenvalue weighted by atomic mass is 16.3. The predicted molar refractivity (Wildman–Crippen MR) is 285 cm³/mol. The van der Waals surface area contributed by atoms with Gasteiger partial charge in [-0.05, 0) is 75.0 Å². The lowest BCUT2D eigenvalue weighted by Crippen LogP contribution is -2.61. The Balaban J connectivity index is 2.45. The van der Waals surface area contributed by atoms with Crippen LogP contribution in [0.3, 0.4) is 0 Å². The average Bonchev–Trinajstić information content (AvgIpc) is 3.88. The van der Waals surface area contributed by atoms with E-state index in [2.05, 4.69) is 47.5 Å². The first-order valence-electron chi connectivity index (χ1n) is 26.4. The Labute approximate surface area is 450 Å². The molecule has 9 atom stereocenters. The number of carbonyl (C=O) groups is 11. The minimum absolute atomic E-state index is 0.0693. The van der Waals surface area contributed by atoms with Gasteiger partial charge in [-0.3, -0.25) is 57.7 Å². The lowest BCUT2D eigenvalue weighted by atomic mass is 9.96. The molecule has 1 saturated heterocycles. The fourth-order valence-corrected chi connectivity index (χ4v) is 8.26. The van der Waals surface area contributed by atoms with Gasteiger partial charge >= 0.3 is 0 Å². The fourth-order valence-electron chi connectivity index (χ4n) is 8.26. The van der Waals surface area contributed by atoms with Crippen LogP contribution in [0.25, 0.3) is 0 Å². The summed E-state index contributed by atoms with van der Waals surface area (Å²) in [5, 5.41) is 31.3. The Morgan fingerprint density at radius 1 is 0.701 bits per heavy atom. The summed E-state index contributed by atoms with van der Waals surface area (Å²) in [6, 6.07) is -2.68. The third-order valence-electron chi connectivity index (χ3n) is 13.3. The van der Waals surface area contributed by atoms with Gasteiger partial charge in [-0.15, -0.1) is 0 Å². The maximum absolute atomic E-state index is 14.5. The SMILES string of the molecule is CCC[C@H](NC(=O)[C@H](Cc1ccc(O)cc1)NC(=O)[C@H](NC(=O)[C@H](CCC(N)=O)NC(=O)CNC(=O)CN(C)C(C)=O)[C@H](C)CC)C(=O)N[C@@H](C(=O)N[C@@H](CCCN=C(N)N)C(=O)N1CCC[C@H]1C(=O)NCC)[C@@H](C)CC. The molecule has 77 heavy (non-hydrogen) atoms. The van der Waals surface area contributed by atoms with Crippen LogP contribution in [0.5, 0.6) is 5.75 Å². The Morgan fingerprint density at radius 2 is 1.25 bits per heavy atom. The van der Waals surface area contributed by atoms with Crippen LogP contribution < -0.4 is 59.7 Å². The molecular formula is C51H84N14O12. The Morgan fingerprint density at radius 3 is 1.77 bits per heavy atom. The molecular weight excluding hydrogens is 1000 g/mol. The quantitative estimate of drug-likeness (QED) is 0.0202. The standard InChI is InChI=1S/C51H84N14O12/c1-9-15-34(44(71)62-42(29(5)10-2)48(75)60-36(16-13-24-56-51(53)54)50(77)65-25-14-17-38(65)47(74)55-12-4)59-46(73)37(26-32-18-20-33(67)21-19-32)61-49(76)43(30(6)11-3)63-45(72)35(22-23-39(52)68)58-40(69)27-57-41(70)28-64(8)31(7)66/h18-21,29-30,34-38,42-43,67H,9-17,22-28H2,1-8H3,(H2,52,68)(H,55,74)(H,57,70)(H,58,69)(H,59,73)(H,60,75)(H,61,76)(H,62,71)(H,63,72)(H4,53,54,56)/t29-,30+,34-,35-,36-,37-,38-,42+,43+/m0/s1. The number of primary amides is 1. The Bertz CT molecular complexity index is 2230. The number of aliphatic imine (C=N–C) groups is 1. The van der Waals surface area contributed by atoms with E-state index in [0.29, 0.717) is 44.2 Å². The van der Waals surface area contributed by atoms with Crippen LogP contribution in [-0.4, -0.2) is 168 Å². The number of aromatic hydroxyl groups is 1. The molecule has 1 aromatic carbocycles. The van der Waals surface area contributed by atoms with Crippen LogP contribution in [0, 0.1) is 11.8 Å². The second-order valence-corrected chi connectivity index (χ2v) is 19.4. The van der Waals surface area contributed by atoms with Gasteiger partial charge in [-0.25, -0.2) is 0 Å². The van der Waals surface area contributed by atoms with Gasteiger partial charge < -0.3 is 74.6 Å². The monoisotopic (exact) mass is 1080 g/mol. The smallest absolute Gasteiger partial charge is 0.245 e. The summed E-state index contributed by atoms with van der Waals surface area (Å²) < 4.78 is 0. The molecule has 430 valence electrons. The van der Waals surface area contributed by atoms with Crippen molar-refractivity contribution in [2.45, 2.75) is 161 Å². The summed E-state index contributed by atoms with van der Waals surface area (Å²) in [6.07, 6.45) is 1.79. The molecule has 15 N–H and O–H groups in total. The number of hydrogen-bond acceptors (Lipinski definition) is 13. The third kappa shape index (κ3) is 22.7. The largest absolute Gasteiger partial charge is 0.508 e. The zero-order chi connectivity index (χ0) is 57.9. The van der Waals surface area contributed by atoms with E-state index in [0.717, 1.165) is 4.90 Å². The first-order valence-corrected chi connectivity index (χ1v) is 26.4. The molecule has 0 bridgehead atoms. The van der Waals surface area contributed by atoms with E-state index in [-0.39, 0.29) is 81.7 Å². The number of hydrogen-bond donors (Lipinski definition) is 12. The molecule has 26 nitrogen and oxygen atoms in total. The van der Waals surface area contributed by atoms with E-state index in [9.17, 15) is 57.8 Å². The number of rotatable bonds is 33. The Kier molecular flexibility index (Phi) is 28.5. The summed E-state index contributed by atoms with van der Waals surface area (Å²) in [5.74, 6) is -8.71. The number of guanidine groups is 1. The second-order valence-electron chi connectivity index (χ2n) is 19.4. The fraction of sp³-hybridized carbons (Fsp3) is 0.647. The number of nitrogens with one attached hydrogen (secondary N) is 8. The highest BCUT2D eigenvalue weighted by Crippen LogP contribution is 2.21. The van der Waals surface area contributed by atoms with E-state index in [4.69, 9.17) is 17.2 Å². The van der Waals surface area contributed by atoms with Gasteiger partial charge in [0.15, 0.2) is 5.96 Å². The predicted octanol–water partition coefficient (Wildman–Crippen LogP) is -2.22. The van der Waals surface area contributed by atoms with Crippen molar-refractivity contribution >= 4 is 70.9 Å². The van der Waals surface area contributed by atoms with Crippen molar-refractivity contribution in [2.24, 2.45) is 34.0 Å². The van der Waals surface area contributed by atoms with Crippen LogP contribution in [-0.2, 0) is 59.2 Å². The molecule has 0 radical (unpaired) electrons. The van der Waals surface area contributed by atoms with E-state index in [1.54, 1.807) is 34.6 Å². The van der Waals surface area contributed by atoms with Crippen molar-refractivity contribution in [3.8, 4) is 5.75 Å². The maximum atomic E-state index is 14.5. The third-order valence-corrected chi connectivity index (χ3v) is 13.3. The topological polar surface area (TPSA) is 401 Å². The molecule has 1 aliphatic heterocycles. The molecule has 11 amide bonds. The highest BCUT2D eigenvalue weighted by Gasteiger charge is 2.40. The normalized spacial score (nSPS) is 16.0. The van der Waals surface area contributed by atoms with Crippen LogP contribution >= 0.6 is 0 Å². The molecule has 1 fully saturated rings. The lowest BCUT2D eigenvalue weighted by molar-refractivity contribution is -0.142. The van der Waals surface area contributed by atoms with Crippen molar-refractivity contribution in [1.29, 1.82) is 0 Å². The van der Waals surface area contributed by atoms with Crippen LogP contribution in [0.4, 0.5) is 0 Å². The van der Waals surface area contributed by atoms with Crippen molar-refractivity contribution in [3.63, 3.8) is 0 Å². The first-order chi connectivity index (χ1) is 36.4. The van der Waals surface area contributed by atoms with E-state index >= 15 is 0 Å². The van der Waals surface area contributed by atoms with Gasteiger partial charge in [0.2, 0.25) is 65.0 Å². The van der Waals surface area contributed by atoms with Gasteiger partial charge in [-0.1, -0.05) is 66.0 Å². The summed E-state index contributed by atoms with van der Waals surface area (Å²) in [6.45, 7) is 11.6. The number of likely N-dealkylation sites (N-methyl/N-ethyl adjacent to an activating group) is 2. The molecule has 0 aliphatic carbocycles. The average molecular weight is 1090 g/mol.